The molecule has 2 rings (SSSR count). The summed E-state index contributed by atoms with van der Waals surface area (Å²) in [5.41, 5.74) is 1.01. The quantitative estimate of drug-likeness (QED) is 0.857. The maximum Gasteiger partial charge on any atom is 0.162 e. The van der Waals surface area contributed by atoms with Gasteiger partial charge in [0.2, 0.25) is 0 Å². The van der Waals surface area contributed by atoms with Crippen LogP contribution in [0.3, 0.4) is 0 Å². The van der Waals surface area contributed by atoms with Crippen molar-refractivity contribution < 1.29 is 13.9 Å². The average Bonchev–Trinajstić information content (AvgIpc) is 2.48. The van der Waals surface area contributed by atoms with E-state index in [0.29, 0.717) is 22.6 Å². The number of rotatable bonds is 4. The van der Waals surface area contributed by atoms with Crippen LogP contribution in [0.5, 0.6) is 11.5 Å². The van der Waals surface area contributed by atoms with Gasteiger partial charge in [-0.2, -0.15) is 5.26 Å². The van der Waals surface area contributed by atoms with Crippen molar-refractivity contribution in [3.8, 4) is 17.6 Å². The Morgan fingerprint density at radius 1 is 1.25 bits per heavy atom. The lowest BCUT2D eigenvalue weighted by Crippen LogP contribution is -1.99. The molecular formula is C15H11ClFNO2. The molecule has 5 heteroatoms. The van der Waals surface area contributed by atoms with Gasteiger partial charge >= 0.3 is 0 Å². The van der Waals surface area contributed by atoms with E-state index in [1.165, 1.54) is 13.2 Å². The Labute approximate surface area is 121 Å². The van der Waals surface area contributed by atoms with Crippen molar-refractivity contribution in [1.82, 2.24) is 0 Å². The van der Waals surface area contributed by atoms with E-state index in [4.69, 9.17) is 26.3 Å². The largest absolute Gasteiger partial charge is 0.493 e. The van der Waals surface area contributed by atoms with Crippen molar-refractivity contribution in [2.24, 2.45) is 0 Å². The molecule has 0 fully saturated rings. The maximum absolute atomic E-state index is 13.3. The topological polar surface area (TPSA) is 42.2 Å². The Bertz CT molecular complexity index is 667. The Balaban J connectivity index is 2.19. The van der Waals surface area contributed by atoms with Gasteiger partial charge in [-0.25, -0.2) is 4.39 Å². The van der Waals surface area contributed by atoms with Gasteiger partial charge in [-0.15, -0.1) is 0 Å². The smallest absolute Gasteiger partial charge is 0.162 e. The predicted octanol–water partition coefficient (Wildman–Crippen LogP) is 3.94. The molecule has 2 aromatic rings. The molecule has 0 amide bonds. The normalized spacial score (nSPS) is 9.90. The summed E-state index contributed by atoms with van der Waals surface area (Å²) in [6.45, 7) is 0.110. The van der Waals surface area contributed by atoms with Gasteiger partial charge in [-0.1, -0.05) is 23.7 Å². The molecule has 0 heterocycles. The molecule has 0 atom stereocenters. The minimum Gasteiger partial charge on any atom is -0.493 e. The first-order chi connectivity index (χ1) is 9.65. The summed E-state index contributed by atoms with van der Waals surface area (Å²) in [4.78, 5) is 0. The second-order valence-electron chi connectivity index (χ2n) is 3.98. The Morgan fingerprint density at radius 2 is 2.05 bits per heavy atom. The summed E-state index contributed by atoms with van der Waals surface area (Å²) in [6, 6.07) is 11.4. The minimum atomic E-state index is -0.487. The lowest BCUT2D eigenvalue weighted by molar-refractivity contribution is 0.284. The molecule has 0 spiro atoms. The third-order valence-corrected chi connectivity index (χ3v) is 3.13. The summed E-state index contributed by atoms with van der Waals surface area (Å²) in [6.07, 6.45) is 0. The molecule has 20 heavy (non-hydrogen) atoms. The molecule has 0 N–H and O–H groups in total. The second-order valence-corrected chi connectivity index (χ2v) is 4.36. The van der Waals surface area contributed by atoms with Gasteiger partial charge in [0.15, 0.2) is 11.5 Å². The van der Waals surface area contributed by atoms with E-state index in [0.717, 1.165) is 0 Å². The standard InChI is InChI=1S/C15H11ClFNO2/c1-19-14-7-10(8-18)5-6-13(14)20-9-11-3-2-4-12(17)15(11)16/h2-7H,9H2,1H3. The molecule has 0 bridgehead atoms. The van der Waals surface area contributed by atoms with Crippen molar-refractivity contribution in [2.75, 3.05) is 7.11 Å². The monoisotopic (exact) mass is 291 g/mol. The Hall–Kier alpha value is -2.25. The fraction of sp³-hybridized carbons (Fsp3) is 0.133. The molecule has 2 aromatic carbocycles. The first-order valence-electron chi connectivity index (χ1n) is 5.79. The highest BCUT2D eigenvalue weighted by Gasteiger charge is 2.09. The fourth-order valence-corrected chi connectivity index (χ4v) is 1.85. The van der Waals surface area contributed by atoms with Gasteiger partial charge in [0, 0.05) is 11.6 Å². The Kier molecular flexibility index (Phi) is 4.44. The number of ether oxygens (including phenoxy) is 2. The molecule has 0 radical (unpaired) electrons. The van der Waals surface area contributed by atoms with E-state index in [2.05, 4.69) is 0 Å². The number of hydrogen-bond acceptors (Lipinski definition) is 3. The van der Waals surface area contributed by atoms with Crippen LogP contribution < -0.4 is 9.47 Å². The van der Waals surface area contributed by atoms with Crippen LogP contribution in [0.4, 0.5) is 4.39 Å². The third kappa shape index (κ3) is 3.01. The van der Waals surface area contributed by atoms with Crippen LogP contribution in [-0.4, -0.2) is 7.11 Å². The highest BCUT2D eigenvalue weighted by Crippen LogP contribution is 2.29. The first kappa shape index (κ1) is 14.2. The van der Waals surface area contributed by atoms with Crippen molar-refractivity contribution in [3.63, 3.8) is 0 Å². The highest BCUT2D eigenvalue weighted by molar-refractivity contribution is 6.31. The number of hydrogen-bond donors (Lipinski definition) is 0. The zero-order chi connectivity index (χ0) is 14.5. The zero-order valence-corrected chi connectivity index (χ0v) is 11.4. The van der Waals surface area contributed by atoms with Crippen LogP contribution in [0, 0.1) is 17.1 Å². The van der Waals surface area contributed by atoms with E-state index in [1.54, 1.807) is 30.3 Å². The molecule has 0 unspecified atom stereocenters. The molecule has 0 saturated carbocycles. The van der Waals surface area contributed by atoms with Crippen LogP contribution in [0.2, 0.25) is 5.02 Å². The number of nitrogens with zero attached hydrogens (tertiary/aromatic N) is 1. The SMILES string of the molecule is COc1cc(C#N)ccc1OCc1cccc(F)c1Cl. The summed E-state index contributed by atoms with van der Waals surface area (Å²) in [5, 5.41) is 8.86. The summed E-state index contributed by atoms with van der Waals surface area (Å²) in [5.74, 6) is 0.419. The van der Waals surface area contributed by atoms with E-state index in [1.807, 2.05) is 6.07 Å². The lowest BCUT2D eigenvalue weighted by atomic mass is 10.2. The van der Waals surface area contributed by atoms with Crippen molar-refractivity contribution >= 4 is 11.6 Å². The van der Waals surface area contributed by atoms with Crippen molar-refractivity contribution in [2.45, 2.75) is 6.61 Å². The van der Waals surface area contributed by atoms with Gasteiger partial charge in [-0.05, 0) is 18.2 Å². The predicted molar refractivity (Wildman–Crippen MR) is 73.5 cm³/mol. The van der Waals surface area contributed by atoms with E-state index in [9.17, 15) is 4.39 Å². The number of halogens is 2. The van der Waals surface area contributed by atoms with Crippen molar-refractivity contribution in [3.05, 3.63) is 58.4 Å². The summed E-state index contributed by atoms with van der Waals surface area (Å²) >= 11 is 5.85. The van der Waals surface area contributed by atoms with Gasteiger partial charge in [-0.3, -0.25) is 0 Å². The van der Waals surface area contributed by atoms with E-state index in [-0.39, 0.29) is 11.6 Å². The lowest BCUT2D eigenvalue weighted by Gasteiger charge is -2.11. The molecular weight excluding hydrogens is 281 g/mol. The molecule has 0 aliphatic rings. The molecule has 0 saturated heterocycles. The summed E-state index contributed by atoms with van der Waals surface area (Å²) in [7, 11) is 1.48. The van der Waals surface area contributed by atoms with Crippen molar-refractivity contribution in [1.29, 1.82) is 5.26 Å². The van der Waals surface area contributed by atoms with Crippen LogP contribution in [-0.2, 0) is 6.61 Å². The average molecular weight is 292 g/mol. The number of nitriles is 1. The van der Waals surface area contributed by atoms with Gasteiger partial charge in [0.05, 0.1) is 23.8 Å². The Morgan fingerprint density at radius 3 is 2.75 bits per heavy atom. The van der Waals surface area contributed by atoms with Crippen LogP contribution >= 0.6 is 11.6 Å². The van der Waals surface area contributed by atoms with E-state index >= 15 is 0 Å². The highest BCUT2D eigenvalue weighted by atomic mass is 35.5. The molecule has 0 aliphatic heterocycles. The number of benzene rings is 2. The van der Waals surface area contributed by atoms with E-state index < -0.39 is 5.82 Å². The molecule has 3 nitrogen and oxygen atoms in total. The zero-order valence-electron chi connectivity index (χ0n) is 10.7. The van der Waals surface area contributed by atoms with Crippen LogP contribution in [0.15, 0.2) is 36.4 Å². The molecule has 0 aliphatic carbocycles. The minimum absolute atomic E-state index is 0.0418. The van der Waals surface area contributed by atoms with Gasteiger partial charge in [0.1, 0.15) is 12.4 Å². The first-order valence-corrected chi connectivity index (χ1v) is 6.17. The van der Waals surface area contributed by atoms with Crippen LogP contribution in [0.1, 0.15) is 11.1 Å². The fourth-order valence-electron chi connectivity index (χ4n) is 1.67. The molecule has 102 valence electrons. The van der Waals surface area contributed by atoms with Gasteiger partial charge in [0.25, 0.3) is 0 Å². The van der Waals surface area contributed by atoms with Crippen LogP contribution in [0.25, 0.3) is 0 Å². The number of methoxy groups -OCH3 is 1. The maximum atomic E-state index is 13.3. The summed E-state index contributed by atoms with van der Waals surface area (Å²) < 4.78 is 24.0. The third-order valence-electron chi connectivity index (χ3n) is 2.71. The second kappa shape index (κ2) is 6.27. The van der Waals surface area contributed by atoms with Gasteiger partial charge < -0.3 is 9.47 Å². The molecule has 0 aromatic heterocycles.